The van der Waals surface area contributed by atoms with Crippen LogP contribution in [0.2, 0.25) is 0 Å². The predicted molar refractivity (Wildman–Crippen MR) is 116 cm³/mol. The number of aromatic nitrogens is 5. The molecule has 0 spiro atoms. The Balaban J connectivity index is 1.23. The Bertz CT molecular complexity index is 1100. The SMILES string of the molecule is O=c1cc2c(nn1CCN1CCCCC1CNc1ccc3nccnc3n1)CCC2. The van der Waals surface area contributed by atoms with Crippen molar-refractivity contribution in [3.05, 3.63) is 52.2 Å². The summed E-state index contributed by atoms with van der Waals surface area (Å²) in [5, 5.41) is 8.10. The van der Waals surface area contributed by atoms with E-state index in [4.69, 9.17) is 0 Å². The molecule has 1 fully saturated rings. The van der Waals surface area contributed by atoms with E-state index in [1.54, 1.807) is 23.1 Å². The van der Waals surface area contributed by atoms with E-state index >= 15 is 0 Å². The Kier molecular flexibility index (Phi) is 5.40. The molecule has 5 rings (SSSR count). The Morgan fingerprint density at radius 2 is 2.00 bits per heavy atom. The molecule has 30 heavy (non-hydrogen) atoms. The molecule has 0 bridgehead atoms. The number of rotatable bonds is 6. The molecule has 8 heteroatoms. The minimum atomic E-state index is 0.0313. The van der Waals surface area contributed by atoms with Gasteiger partial charge >= 0.3 is 0 Å². The Labute approximate surface area is 175 Å². The first-order valence-electron chi connectivity index (χ1n) is 10.9. The van der Waals surface area contributed by atoms with Crippen LogP contribution in [0.1, 0.15) is 36.9 Å². The van der Waals surface area contributed by atoms with Gasteiger partial charge in [0.2, 0.25) is 0 Å². The molecule has 1 atom stereocenters. The highest BCUT2D eigenvalue weighted by atomic mass is 16.1. The number of hydrogen-bond acceptors (Lipinski definition) is 7. The average molecular weight is 406 g/mol. The van der Waals surface area contributed by atoms with Crippen LogP contribution in [0.4, 0.5) is 5.82 Å². The lowest BCUT2D eigenvalue weighted by molar-refractivity contribution is 0.148. The molecule has 0 radical (unpaired) electrons. The monoisotopic (exact) mass is 405 g/mol. The van der Waals surface area contributed by atoms with Gasteiger partial charge in [-0.1, -0.05) is 6.42 Å². The van der Waals surface area contributed by atoms with Crippen molar-refractivity contribution in [3.63, 3.8) is 0 Å². The molecule has 156 valence electrons. The Morgan fingerprint density at radius 3 is 2.97 bits per heavy atom. The average Bonchev–Trinajstić information content (AvgIpc) is 3.23. The Morgan fingerprint density at radius 1 is 1.07 bits per heavy atom. The lowest BCUT2D eigenvalue weighted by Gasteiger charge is -2.36. The van der Waals surface area contributed by atoms with Gasteiger partial charge in [0.15, 0.2) is 5.65 Å². The number of anilines is 1. The minimum Gasteiger partial charge on any atom is -0.368 e. The van der Waals surface area contributed by atoms with Crippen molar-refractivity contribution in [3.8, 4) is 0 Å². The van der Waals surface area contributed by atoms with E-state index < -0.39 is 0 Å². The fourth-order valence-electron chi connectivity index (χ4n) is 4.58. The van der Waals surface area contributed by atoms with Gasteiger partial charge in [-0.15, -0.1) is 0 Å². The van der Waals surface area contributed by atoms with Gasteiger partial charge in [-0.05, 0) is 56.3 Å². The first kappa shape index (κ1) is 19.1. The van der Waals surface area contributed by atoms with Gasteiger partial charge in [0, 0.05) is 37.6 Å². The van der Waals surface area contributed by atoms with Gasteiger partial charge in [0.25, 0.3) is 5.56 Å². The fourth-order valence-corrected chi connectivity index (χ4v) is 4.58. The summed E-state index contributed by atoms with van der Waals surface area (Å²) in [4.78, 5) is 28.0. The van der Waals surface area contributed by atoms with E-state index in [1.165, 1.54) is 12.8 Å². The quantitative estimate of drug-likeness (QED) is 0.671. The summed E-state index contributed by atoms with van der Waals surface area (Å²) >= 11 is 0. The Hall–Kier alpha value is -2.87. The summed E-state index contributed by atoms with van der Waals surface area (Å²) in [5.74, 6) is 0.824. The molecule has 1 aliphatic heterocycles. The van der Waals surface area contributed by atoms with Crippen molar-refractivity contribution in [1.82, 2.24) is 29.6 Å². The van der Waals surface area contributed by atoms with Crippen molar-refractivity contribution in [2.24, 2.45) is 0 Å². The number of likely N-dealkylation sites (tertiary alicyclic amines) is 1. The first-order chi connectivity index (χ1) is 14.8. The topological polar surface area (TPSA) is 88.8 Å². The highest BCUT2D eigenvalue weighted by Gasteiger charge is 2.23. The third-order valence-electron chi connectivity index (χ3n) is 6.22. The summed E-state index contributed by atoms with van der Waals surface area (Å²) in [6, 6.07) is 6.11. The van der Waals surface area contributed by atoms with Crippen molar-refractivity contribution in [2.45, 2.75) is 51.1 Å². The van der Waals surface area contributed by atoms with Crippen LogP contribution in [0.5, 0.6) is 0 Å². The third-order valence-corrected chi connectivity index (χ3v) is 6.22. The van der Waals surface area contributed by atoms with Gasteiger partial charge < -0.3 is 5.32 Å². The maximum absolute atomic E-state index is 12.4. The molecule has 0 saturated carbocycles. The van der Waals surface area contributed by atoms with Crippen molar-refractivity contribution in [2.75, 3.05) is 25.0 Å². The second-order valence-electron chi connectivity index (χ2n) is 8.19. The molecule has 1 N–H and O–H groups in total. The molecular formula is C22H27N7O. The van der Waals surface area contributed by atoms with Crippen LogP contribution >= 0.6 is 0 Å². The zero-order valence-electron chi connectivity index (χ0n) is 17.1. The molecule has 1 aliphatic carbocycles. The number of nitrogens with zero attached hydrogens (tertiary/aromatic N) is 6. The van der Waals surface area contributed by atoms with E-state index in [1.807, 2.05) is 12.1 Å². The lowest BCUT2D eigenvalue weighted by Crippen LogP contribution is -2.45. The summed E-state index contributed by atoms with van der Waals surface area (Å²) in [6.07, 6.45) is 10.0. The number of piperidine rings is 1. The predicted octanol–water partition coefficient (Wildman–Crippen LogP) is 2.04. The van der Waals surface area contributed by atoms with Crippen molar-refractivity contribution < 1.29 is 0 Å². The lowest BCUT2D eigenvalue weighted by atomic mass is 10.0. The number of pyridine rings is 1. The van der Waals surface area contributed by atoms with Gasteiger partial charge in [-0.25, -0.2) is 14.6 Å². The summed E-state index contributed by atoms with van der Waals surface area (Å²) < 4.78 is 1.66. The molecule has 8 nitrogen and oxygen atoms in total. The standard InChI is InChI=1S/C22H27N7O/c30-21-14-16-4-3-6-18(16)27-29(21)13-12-28-11-2-1-5-17(28)15-25-20-8-7-19-22(26-20)24-10-9-23-19/h7-10,14,17H,1-6,11-13,15H2,(H,24,25,26). The second-order valence-corrected chi connectivity index (χ2v) is 8.19. The minimum absolute atomic E-state index is 0.0313. The highest BCUT2D eigenvalue weighted by molar-refractivity contribution is 5.71. The smallest absolute Gasteiger partial charge is 0.267 e. The zero-order chi connectivity index (χ0) is 20.3. The van der Waals surface area contributed by atoms with Crippen LogP contribution in [-0.2, 0) is 19.4 Å². The normalized spacial score (nSPS) is 19.1. The van der Waals surface area contributed by atoms with Gasteiger partial charge in [0.05, 0.1) is 12.2 Å². The van der Waals surface area contributed by atoms with Crippen molar-refractivity contribution in [1.29, 1.82) is 0 Å². The van der Waals surface area contributed by atoms with E-state index in [0.717, 1.165) is 67.9 Å². The maximum atomic E-state index is 12.4. The molecule has 1 unspecified atom stereocenters. The van der Waals surface area contributed by atoms with E-state index in [-0.39, 0.29) is 5.56 Å². The first-order valence-corrected chi connectivity index (χ1v) is 10.9. The van der Waals surface area contributed by atoms with Gasteiger partial charge in [-0.3, -0.25) is 14.7 Å². The second kappa shape index (κ2) is 8.47. The van der Waals surface area contributed by atoms with Crippen LogP contribution in [0.3, 0.4) is 0 Å². The van der Waals surface area contributed by atoms with Crippen LogP contribution in [0.25, 0.3) is 11.2 Å². The van der Waals surface area contributed by atoms with Crippen LogP contribution < -0.4 is 10.9 Å². The molecule has 0 amide bonds. The van der Waals surface area contributed by atoms with Crippen molar-refractivity contribution >= 4 is 17.0 Å². The molecule has 2 aliphatic rings. The molecule has 1 saturated heterocycles. The van der Waals surface area contributed by atoms with E-state index in [2.05, 4.69) is 30.3 Å². The van der Waals surface area contributed by atoms with Crippen LogP contribution in [0, 0.1) is 0 Å². The van der Waals surface area contributed by atoms with Gasteiger partial charge in [0.1, 0.15) is 11.3 Å². The summed E-state index contributed by atoms with van der Waals surface area (Å²) in [7, 11) is 0. The van der Waals surface area contributed by atoms with Gasteiger partial charge in [-0.2, -0.15) is 5.10 Å². The highest BCUT2D eigenvalue weighted by Crippen LogP contribution is 2.19. The molecule has 3 aromatic heterocycles. The van der Waals surface area contributed by atoms with E-state index in [9.17, 15) is 4.79 Å². The summed E-state index contributed by atoms with van der Waals surface area (Å²) in [6.45, 7) is 3.37. The third kappa shape index (κ3) is 4.05. The number of aryl methyl sites for hydroxylation is 2. The molecule has 0 aromatic carbocycles. The number of hydrogen-bond donors (Lipinski definition) is 1. The maximum Gasteiger partial charge on any atom is 0.267 e. The van der Waals surface area contributed by atoms with Crippen LogP contribution in [-0.4, -0.2) is 55.3 Å². The molecular weight excluding hydrogens is 378 g/mol. The molecule has 4 heterocycles. The zero-order valence-corrected chi connectivity index (χ0v) is 17.1. The number of nitrogens with one attached hydrogen (secondary N) is 1. The largest absolute Gasteiger partial charge is 0.368 e. The van der Waals surface area contributed by atoms with Crippen LogP contribution in [0.15, 0.2) is 35.4 Å². The van der Waals surface area contributed by atoms with E-state index in [0.29, 0.717) is 18.2 Å². The fraction of sp³-hybridized carbons (Fsp3) is 0.500. The number of fused-ring (bicyclic) bond motifs is 2. The summed E-state index contributed by atoms with van der Waals surface area (Å²) in [5.41, 5.74) is 3.74. The molecule has 3 aromatic rings.